The number of methoxy groups -OCH3 is 3. The van der Waals surface area contributed by atoms with E-state index in [1.165, 1.54) is 50.9 Å². The molecule has 1 heterocycles. The maximum Gasteiger partial charge on any atom is 0.331 e. The highest BCUT2D eigenvalue weighted by Crippen LogP contribution is 2.35. The fourth-order valence-electron chi connectivity index (χ4n) is 2.63. The van der Waals surface area contributed by atoms with E-state index in [1.54, 1.807) is 35.7 Å². The lowest BCUT2D eigenvalue weighted by molar-refractivity contribution is -0.139. The van der Waals surface area contributed by atoms with Gasteiger partial charge in [-0.1, -0.05) is 0 Å². The van der Waals surface area contributed by atoms with E-state index in [4.69, 9.17) is 18.9 Å². The van der Waals surface area contributed by atoms with Gasteiger partial charge in [0, 0.05) is 28.6 Å². The fourth-order valence-corrected chi connectivity index (χ4v) is 3.44. The van der Waals surface area contributed by atoms with Crippen LogP contribution in [0.3, 0.4) is 0 Å². The Bertz CT molecular complexity index is 1050. The summed E-state index contributed by atoms with van der Waals surface area (Å²) in [6.45, 7) is 0.0317. The van der Waals surface area contributed by atoms with E-state index in [2.05, 4.69) is 4.98 Å². The molecule has 0 aliphatic rings. The summed E-state index contributed by atoms with van der Waals surface area (Å²) in [6, 6.07) is 9.45. The Morgan fingerprint density at radius 1 is 1.03 bits per heavy atom. The second-order valence-electron chi connectivity index (χ2n) is 6.04. The zero-order valence-electron chi connectivity index (χ0n) is 16.7. The molecule has 0 radical (unpaired) electrons. The van der Waals surface area contributed by atoms with Crippen molar-refractivity contribution in [3.63, 3.8) is 0 Å². The van der Waals surface area contributed by atoms with E-state index in [0.717, 1.165) is 10.6 Å². The summed E-state index contributed by atoms with van der Waals surface area (Å²) in [7, 11) is 4.59. The molecule has 0 aliphatic heterocycles. The van der Waals surface area contributed by atoms with E-state index < -0.39 is 5.97 Å². The van der Waals surface area contributed by atoms with E-state index in [1.807, 2.05) is 0 Å². The normalized spacial score (nSPS) is 10.8. The van der Waals surface area contributed by atoms with Crippen molar-refractivity contribution in [1.82, 2.24) is 4.98 Å². The van der Waals surface area contributed by atoms with Gasteiger partial charge < -0.3 is 18.9 Å². The Balaban J connectivity index is 1.64. The molecular formula is C22H20FNO5S. The van der Waals surface area contributed by atoms with Crippen LogP contribution in [0.15, 0.2) is 47.9 Å². The van der Waals surface area contributed by atoms with Crippen molar-refractivity contribution < 1.29 is 28.1 Å². The number of nitrogens with zero attached hydrogens (tertiary/aromatic N) is 1. The molecule has 8 heteroatoms. The number of carbonyl (C=O) groups is 1. The van der Waals surface area contributed by atoms with Gasteiger partial charge in [0.15, 0.2) is 11.5 Å². The van der Waals surface area contributed by atoms with E-state index in [-0.39, 0.29) is 12.4 Å². The van der Waals surface area contributed by atoms with E-state index >= 15 is 0 Å². The van der Waals surface area contributed by atoms with Crippen LogP contribution in [0.2, 0.25) is 0 Å². The number of halogens is 1. The van der Waals surface area contributed by atoms with Crippen LogP contribution in [0.1, 0.15) is 11.3 Å². The number of aromatic nitrogens is 1. The topological polar surface area (TPSA) is 66.9 Å². The summed E-state index contributed by atoms with van der Waals surface area (Å²) in [4.78, 5) is 16.5. The van der Waals surface area contributed by atoms with Gasteiger partial charge in [-0.25, -0.2) is 14.2 Å². The highest BCUT2D eigenvalue weighted by atomic mass is 32.1. The maximum atomic E-state index is 13.0. The first-order valence-electron chi connectivity index (χ1n) is 8.89. The van der Waals surface area contributed by atoms with Gasteiger partial charge in [-0.2, -0.15) is 0 Å². The van der Waals surface area contributed by atoms with Crippen LogP contribution in [0.4, 0.5) is 4.39 Å². The lowest BCUT2D eigenvalue weighted by atomic mass is 10.1. The van der Waals surface area contributed by atoms with Crippen molar-refractivity contribution in [2.45, 2.75) is 6.61 Å². The Kier molecular flexibility index (Phi) is 7.03. The average Bonchev–Trinajstić information content (AvgIpc) is 3.25. The Hall–Kier alpha value is -3.39. The first-order valence-corrected chi connectivity index (χ1v) is 9.77. The molecule has 6 nitrogen and oxygen atoms in total. The Morgan fingerprint density at radius 3 is 2.37 bits per heavy atom. The lowest BCUT2D eigenvalue weighted by Gasteiger charge is -2.12. The predicted molar refractivity (Wildman–Crippen MR) is 112 cm³/mol. The summed E-state index contributed by atoms with van der Waals surface area (Å²) in [6.07, 6.45) is 2.88. The number of ether oxygens (including phenoxy) is 4. The Labute approximate surface area is 177 Å². The highest BCUT2D eigenvalue weighted by Gasteiger charge is 2.11. The summed E-state index contributed by atoms with van der Waals surface area (Å²) in [5.41, 5.74) is 2.06. The van der Waals surface area contributed by atoms with Gasteiger partial charge in [0.05, 0.1) is 27.0 Å². The molecule has 2 aromatic carbocycles. The van der Waals surface area contributed by atoms with Crippen LogP contribution in [0.25, 0.3) is 16.6 Å². The first-order chi connectivity index (χ1) is 14.5. The van der Waals surface area contributed by atoms with Gasteiger partial charge >= 0.3 is 5.97 Å². The van der Waals surface area contributed by atoms with Crippen LogP contribution in [-0.4, -0.2) is 32.3 Å². The molecule has 0 fully saturated rings. The second-order valence-corrected chi connectivity index (χ2v) is 6.90. The maximum absolute atomic E-state index is 13.0. The third-order valence-corrected chi connectivity index (χ3v) is 5.08. The van der Waals surface area contributed by atoms with Gasteiger partial charge in [0.25, 0.3) is 0 Å². The van der Waals surface area contributed by atoms with Crippen molar-refractivity contribution in [1.29, 1.82) is 0 Å². The fraction of sp³-hybridized carbons (Fsp3) is 0.182. The molecule has 0 spiro atoms. The minimum Gasteiger partial charge on any atom is -0.496 e. The number of hydrogen-bond acceptors (Lipinski definition) is 7. The number of hydrogen-bond donors (Lipinski definition) is 0. The molecule has 30 heavy (non-hydrogen) atoms. The quantitative estimate of drug-likeness (QED) is 0.381. The zero-order valence-corrected chi connectivity index (χ0v) is 17.5. The highest BCUT2D eigenvalue weighted by molar-refractivity contribution is 7.13. The first kappa shape index (κ1) is 21.3. The summed E-state index contributed by atoms with van der Waals surface area (Å²) >= 11 is 1.40. The van der Waals surface area contributed by atoms with Gasteiger partial charge in [0.2, 0.25) is 0 Å². The van der Waals surface area contributed by atoms with Crippen molar-refractivity contribution in [3.05, 3.63) is 64.9 Å². The number of thiazole rings is 1. The van der Waals surface area contributed by atoms with Crippen LogP contribution >= 0.6 is 11.3 Å². The predicted octanol–water partition coefficient (Wildman–Crippen LogP) is 4.73. The summed E-state index contributed by atoms with van der Waals surface area (Å²) in [5.74, 6) is 0.738. The molecule has 0 N–H and O–H groups in total. The smallest absolute Gasteiger partial charge is 0.331 e. The largest absolute Gasteiger partial charge is 0.496 e. The molecule has 0 atom stereocenters. The monoisotopic (exact) mass is 429 g/mol. The zero-order chi connectivity index (χ0) is 21.5. The molecule has 156 valence electrons. The summed E-state index contributed by atoms with van der Waals surface area (Å²) < 4.78 is 34.1. The molecule has 0 saturated heterocycles. The van der Waals surface area contributed by atoms with Crippen molar-refractivity contribution >= 4 is 23.4 Å². The number of carbonyl (C=O) groups excluding carboxylic acids is 1. The molecule has 0 saturated carbocycles. The standard InChI is InChI=1S/C22H20FNO5S/c1-26-18-11-20(28-3)19(27-2)10-15(18)6-9-21(25)29-12-17-13-30-22(24-17)14-4-7-16(23)8-5-14/h4-11,13H,12H2,1-3H3/b9-6+. The molecule has 3 rings (SSSR count). The Morgan fingerprint density at radius 2 is 1.70 bits per heavy atom. The minimum atomic E-state index is -0.525. The molecule has 0 amide bonds. The number of esters is 1. The molecule has 0 bridgehead atoms. The summed E-state index contributed by atoms with van der Waals surface area (Å²) in [5, 5.41) is 2.53. The van der Waals surface area contributed by atoms with E-state index in [0.29, 0.717) is 28.5 Å². The molecular weight excluding hydrogens is 409 g/mol. The van der Waals surface area contributed by atoms with Crippen LogP contribution < -0.4 is 14.2 Å². The van der Waals surface area contributed by atoms with Crippen molar-refractivity contribution in [3.8, 4) is 27.8 Å². The lowest BCUT2D eigenvalue weighted by Crippen LogP contribution is -2.01. The second kappa shape index (κ2) is 9.89. The molecule has 0 unspecified atom stereocenters. The van der Waals surface area contributed by atoms with Crippen molar-refractivity contribution in [2.24, 2.45) is 0 Å². The minimum absolute atomic E-state index is 0.0317. The number of rotatable bonds is 8. The third-order valence-electron chi connectivity index (χ3n) is 4.14. The van der Waals surface area contributed by atoms with Crippen LogP contribution in [0, 0.1) is 5.82 Å². The van der Waals surface area contributed by atoms with Gasteiger partial charge in [-0.3, -0.25) is 0 Å². The number of benzene rings is 2. The van der Waals surface area contributed by atoms with Gasteiger partial charge in [-0.15, -0.1) is 11.3 Å². The van der Waals surface area contributed by atoms with Crippen LogP contribution in [-0.2, 0) is 16.1 Å². The SMILES string of the molecule is COc1cc(OC)c(OC)cc1/C=C/C(=O)OCc1csc(-c2ccc(F)cc2)n1. The third kappa shape index (κ3) is 5.15. The van der Waals surface area contributed by atoms with Crippen LogP contribution in [0.5, 0.6) is 17.2 Å². The van der Waals surface area contributed by atoms with E-state index in [9.17, 15) is 9.18 Å². The molecule has 3 aromatic rings. The van der Waals surface area contributed by atoms with Crippen molar-refractivity contribution in [2.75, 3.05) is 21.3 Å². The molecule has 1 aromatic heterocycles. The molecule has 0 aliphatic carbocycles. The van der Waals surface area contributed by atoms with Gasteiger partial charge in [0.1, 0.15) is 23.2 Å². The van der Waals surface area contributed by atoms with Gasteiger partial charge in [-0.05, 0) is 36.4 Å². The average molecular weight is 429 g/mol.